The molecular formula is C19H21N3O2. The number of carbonyl (C=O) groups excluding carboxylic acids is 2. The Hall–Kier alpha value is -2.82. The van der Waals surface area contributed by atoms with Crippen LogP contribution in [-0.4, -0.2) is 31.6 Å². The molecule has 1 aliphatic heterocycles. The van der Waals surface area contributed by atoms with Crippen molar-refractivity contribution < 1.29 is 9.59 Å². The molecule has 3 rings (SSSR count). The maximum Gasteiger partial charge on any atom is 0.322 e. The van der Waals surface area contributed by atoms with Crippen LogP contribution < -0.4 is 15.5 Å². The molecule has 0 aromatic heterocycles. The fraction of sp³-hybridized carbons (Fsp3) is 0.263. The molecule has 2 aromatic carbocycles. The second-order valence-electron chi connectivity index (χ2n) is 5.80. The summed E-state index contributed by atoms with van der Waals surface area (Å²) in [5.74, 6) is -0.149. The SMILES string of the molecule is CNC(=O)[C@@H]1Cc2ccccc2N1C(=O)NCCc1ccccc1. The molecule has 3 amide bonds. The molecule has 0 radical (unpaired) electrons. The Kier molecular flexibility index (Phi) is 4.79. The topological polar surface area (TPSA) is 61.4 Å². The van der Waals surface area contributed by atoms with Gasteiger partial charge in [-0.15, -0.1) is 0 Å². The van der Waals surface area contributed by atoms with Crippen molar-refractivity contribution in [2.45, 2.75) is 18.9 Å². The van der Waals surface area contributed by atoms with E-state index in [0.717, 1.165) is 17.7 Å². The number of amides is 3. The van der Waals surface area contributed by atoms with Crippen LogP contribution in [0.5, 0.6) is 0 Å². The number of nitrogens with one attached hydrogen (secondary N) is 2. The van der Waals surface area contributed by atoms with Crippen LogP contribution in [0.3, 0.4) is 0 Å². The number of anilines is 1. The van der Waals surface area contributed by atoms with Gasteiger partial charge in [0.1, 0.15) is 6.04 Å². The molecular weight excluding hydrogens is 302 g/mol. The zero-order valence-corrected chi connectivity index (χ0v) is 13.7. The summed E-state index contributed by atoms with van der Waals surface area (Å²) in [6.07, 6.45) is 1.30. The second kappa shape index (κ2) is 7.17. The largest absolute Gasteiger partial charge is 0.357 e. The number of hydrogen-bond acceptors (Lipinski definition) is 2. The van der Waals surface area contributed by atoms with E-state index in [1.165, 1.54) is 5.56 Å². The normalized spacial score (nSPS) is 15.7. The van der Waals surface area contributed by atoms with E-state index in [1.807, 2.05) is 54.6 Å². The molecule has 0 fully saturated rings. The van der Waals surface area contributed by atoms with E-state index in [0.29, 0.717) is 13.0 Å². The second-order valence-corrected chi connectivity index (χ2v) is 5.80. The van der Waals surface area contributed by atoms with Crippen LogP contribution in [0.1, 0.15) is 11.1 Å². The van der Waals surface area contributed by atoms with Gasteiger partial charge >= 0.3 is 6.03 Å². The molecule has 0 unspecified atom stereocenters. The van der Waals surface area contributed by atoms with Crippen LogP contribution in [0.2, 0.25) is 0 Å². The number of fused-ring (bicyclic) bond motifs is 1. The Labute approximate surface area is 141 Å². The molecule has 2 aromatic rings. The highest BCUT2D eigenvalue weighted by atomic mass is 16.2. The number of nitrogens with zero attached hydrogens (tertiary/aromatic N) is 1. The molecule has 24 heavy (non-hydrogen) atoms. The first-order valence-electron chi connectivity index (χ1n) is 8.11. The first kappa shape index (κ1) is 16.1. The van der Waals surface area contributed by atoms with Crippen molar-refractivity contribution in [3.8, 4) is 0 Å². The summed E-state index contributed by atoms with van der Waals surface area (Å²) in [6.45, 7) is 0.530. The molecule has 2 N–H and O–H groups in total. The molecule has 0 aliphatic carbocycles. The number of hydrogen-bond donors (Lipinski definition) is 2. The summed E-state index contributed by atoms with van der Waals surface area (Å²) in [7, 11) is 1.59. The van der Waals surface area contributed by atoms with E-state index in [1.54, 1.807) is 11.9 Å². The highest BCUT2D eigenvalue weighted by molar-refractivity contribution is 6.02. The number of likely N-dealkylation sites (N-methyl/N-ethyl adjacent to an activating group) is 1. The van der Waals surface area contributed by atoms with E-state index in [9.17, 15) is 9.59 Å². The van der Waals surface area contributed by atoms with Gasteiger partial charge in [0.15, 0.2) is 0 Å². The van der Waals surface area contributed by atoms with Crippen molar-refractivity contribution in [1.29, 1.82) is 0 Å². The van der Waals surface area contributed by atoms with Gasteiger partial charge in [0, 0.05) is 25.7 Å². The summed E-state index contributed by atoms with van der Waals surface area (Å²) in [5, 5.41) is 5.58. The molecule has 124 valence electrons. The summed E-state index contributed by atoms with van der Waals surface area (Å²) in [4.78, 5) is 26.4. The third-order valence-electron chi connectivity index (χ3n) is 4.28. The van der Waals surface area contributed by atoms with Crippen molar-refractivity contribution in [3.63, 3.8) is 0 Å². The molecule has 5 nitrogen and oxygen atoms in total. The van der Waals surface area contributed by atoms with Gasteiger partial charge in [0.2, 0.25) is 5.91 Å². The first-order chi connectivity index (χ1) is 11.7. The Morgan fingerprint density at radius 3 is 2.54 bits per heavy atom. The summed E-state index contributed by atoms with van der Waals surface area (Å²) < 4.78 is 0. The van der Waals surface area contributed by atoms with Crippen LogP contribution in [0.4, 0.5) is 10.5 Å². The predicted molar refractivity (Wildman–Crippen MR) is 94.0 cm³/mol. The molecule has 1 heterocycles. The van der Waals surface area contributed by atoms with Crippen molar-refractivity contribution in [3.05, 3.63) is 65.7 Å². The lowest BCUT2D eigenvalue weighted by molar-refractivity contribution is -0.121. The summed E-state index contributed by atoms with van der Waals surface area (Å²) in [5.41, 5.74) is 3.00. The lowest BCUT2D eigenvalue weighted by atomic mass is 10.1. The van der Waals surface area contributed by atoms with Crippen LogP contribution in [0.25, 0.3) is 0 Å². The van der Waals surface area contributed by atoms with Crippen molar-refractivity contribution in [2.24, 2.45) is 0 Å². The standard InChI is InChI=1S/C19H21N3O2/c1-20-18(23)17-13-15-9-5-6-10-16(15)22(17)19(24)21-12-11-14-7-3-2-4-8-14/h2-10,17H,11-13H2,1H3,(H,20,23)(H,21,24)/t17-/m0/s1. The quantitative estimate of drug-likeness (QED) is 0.905. The highest BCUT2D eigenvalue weighted by Crippen LogP contribution is 2.32. The van der Waals surface area contributed by atoms with Crippen LogP contribution in [0, 0.1) is 0 Å². The Morgan fingerprint density at radius 1 is 1.08 bits per heavy atom. The van der Waals surface area contributed by atoms with Crippen molar-refractivity contribution in [1.82, 2.24) is 10.6 Å². The van der Waals surface area contributed by atoms with Gasteiger partial charge in [-0.25, -0.2) is 4.79 Å². The number of benzene rings is 2. The Balaban J connectivity index is 1.70. The van der Waals surface area contributed by atoms with Crippen LogP contribution in [0.15, 0.2) is 54.6 Å². The lowest BCUT2D eigenvalue weighted by Gasteiger charge is -2.24. The molecule has 0 bridgehead atoms. The first-order valence-corrected chi connectivity index (χ1v) is 8.11. The number of carbonyl (C=O) groups is 2. The number of para-hydroxylation sites is 1. The smallest absolute Gasteiger partial charge is 0.322 e. The minimum absolute atomic E-state index is 0.149. The minimum Gasteiger partial charge on any atom is -0.357 e. The van der Waals surface area contributed by atoms with Gasteiger partial charge in [0.05, 0.1) is 0 Å². The fourth-order valence-electron chi connectivity index (χ4n) is 3.06. The maximum absolute atomic E-state index is 12.7. The van der Waals surface area contributed by atoms with Crippen molar-refractivity contribution >= 4 is 17.6 Å². The van der Waals surface area contributed by atoms with Crippen LogP contribution in [-0.2, 0) is 17.6 Å². The Morgan fingerprint density at radius 2 is 1.79 bits per heavy atom. The lowest BCUT2D eigenvalue weighted by Crippen LogP contribution is -2.51. The number of rotatable bonds is 4. The average Bonchev–Trinajstić information content (AvgIpc) is 3.01. The molecule has 1 aliphatic rings. The monoisotopic (exact) mass is 323 g/mol. The molecule has 0 spiro atoms. The fourth-order valence-corrected chi connectivity index (χ4v) is 3.06. The van der Waals surface area contributed by atoms with Gasteiger partial charge in [-0.1, -0.05) is 48.5 Å². The zero-order chi connectivity index (χ0) is 16.9. The van der Waals surface area contributed by atoms with Gasteiger partial charge in [-0.05, 0) is 23.6 Å². The van der Waals surface area contributed by atoms with Gasteiger partial charge in [0.25, 0.3) is 0 Å². The zero-order valence-electron chi connectivity index (χ0n) is 13.7. The third kappa shape index (κ3) is 3.25. The summed E-state index contributed by atoms with van der Waals surface area (Å²) >= 11 is 0. The predicted octanol–water partition coefficient (Wildman–Crippen LogP) is 2.12. The maximum atomic E-state index is 12.7. The van der Waals surface area contributed by atoms with Crippen LogP contribution >= 0.6 is 0 Å². The molecule has 0 saturated carbocycles. The van der Waals surface area contributed by atoms with E-state index in [-0.39, 0.29) is 11.9 Å². The average molecular weight is 323 g/mol. The Bertz CT molecular complexity index is 730. The highest BCUT2D eigenvalue weighted by Gasteiger charge is 2.37. The van der Waals surface area contributed by atoms with E-state index >= 15 is 0 Å². The number of urea groups is 1. The third-order valence-corrected chi connectivity index (χ3v) is 4.28. The van der Waals surface area contributed by atoms with E-state index in [4.69, 9.17) is 0 Å². The van der Waals surface area contributed by atoms with Gasteiger partial charge < -0.3 is 10.6 Å². The summed E-state index contributed by atoms with van der Waals surface area (Å²) in [6, 6.07) is 16.9. The minimum atomic E-state index is -0.496. The van der Waals surface area contributed by atoms with Gasteiger partial charge in [-0.2, -0.15) is 0 Å². The van der Waals surface area contributed by atoms with Gasteiger partial charge in [-0.3, -0.25) is 9.69 Å². The molecule has 0 saturated heterocycles. The molecule has 5 heteroatoms. The van der Waals surface area contributed by atoms with Crippen molar-refractivity contribution in [2.75, 3.05) is 18.5 Å². The van der Waals surface area contributed by atoms with E-state index < -0.39 is 6.04 Å². The molecule has 1 atom stereocenters. The van der Waals surface area contributed by atoms with E-state index in [2.05, 4.69) is 10.6 Å².